The lowest BCUT2D eigenvalue weighted by atomic mass is 10.0. The number of hydrogen-bond donors (Lipinski definition) is 2. The number of ether oxygens (including phenoxy) is 1. The molecular formula is C23H17F4N3O3S. The van der Waals surface area contributed by atoms with Crippen LogP contribution >= 0.6 is 11.3 Å². The van der Waals surface area contributed by atoms with Gasteiger partial charge in [0.1, 0.15) is 17.3 Å². The molecule has 4 aromatic rings. The fraction of sp³-hybridized carbons (Fsp3) is 0.174. The molecule has 6 nitrogen and oxygen atoms in total. The van der Waals surface area contributed by atoms with E-state index in [-0.39, 0.29) is 17.9 Å². The number of benzene rings is 2. The second kappa shape index (κ2) is 9.26. The van der Waals surface area contributed by atoms with Crippen molar-refractivity contribution in [3.05, 3.63) is 69.8 Å². The summed E-state index contributed by atoms with van der Waals surface area (Å²) in [4.78, 5) is 24.8. The Hall–Kier alpha value is -3.73. The van der Waals surface area contributed by atoms with Crippen LogP contribution in [0.5, 0.6) is 5.75 Å². The lowest BCUT2D eigenvalue weighted by Gasteiger charge is -2.11. The normalized spacial score (nSPS) is 11.6. The maximum atomic E-state index is 14.0. The van der Waals surface area contributed by atoms with Crippen molar-refractivity contribution < 1.29 is 31.9 Å². The average Bonchev–Trinajstić information content (AvgIpc) is 3.45. The summed E-state index contributed by atoms with van der Waals surface area (Å²) in [7, 11) is 0. The van der Waals surface area contributed by atoms with Gasteiger partial charge in [0, 0.05) is 23.9 Å². The molecule has 0 saturated heterocycles. The van der Waals surface area contributed by atoms with Gasteiger partial charge in [-0.25, -0.2) is 4.39 Å². The number of nitrogens with one attached hydrogen (secondary N) is 2. The van der Waals surface area contributed by atoms with E-state index >= 15 is 0 Å². The minimum atomic E-state index is -4.90. The van der Waals surface area contributed by atoms with Crippen LogP contribution in [0.3, 0.4) is 0 Å². The van der Waals surface area contributed by atoms with E-state index in [1.165, 1.54) is 0 Å². The number of aromatic amines is 1. The second-order valence-corrected chi connectivity index (χ2v) is 8.20. The average molecular weight is 491 g/mol. The number of carbonyl (C=O) groups is 2. The lowest BCUT2D eigenvalue weighted by molar-refractivity contribution is -0.274. The first-order valence-electron chi connectivity index (χ1n) is 10.1. The maximum Gasteiger partial charge on any atom is 0.573 e. The highest BCUT2D eigenvalue weighted by atomic mass is 32.1. The SMILES string of the molecule is CCC(=O)c1n[nH]c2cc(-c3csc(C(=O)NCc4cc(OC(F)(F)F)ccc4F)c3)ccc12. The van der Waals surface area contributed by atoms with Crippen LogP contribution in [0.4, 0.5) is 17.6 Å². The summed E-state index contributed by atoms with van der Waals surface area (Å²) in [6.07, 6.45) is -4.56. The molecule has 0 radical (unpaired) electrons. The predicted molar refractivity (Wildman–Crippen MR) is 118 cm³/mol. The van der Waals surface area contributed by atoms with Gasteiger partial charge in [-0.05, 0) is 52.9 Å². The Morgan fingerprint density at radius 3 is 2.65 bits per heavy atom. The molecule has 4 rings (SSSR count). The molecule has 2 heterocycles. The van der Waals surface area contributed by atoms with Gasteiger partial charge in [0.25, 0.3) is 5.91 Å². The Bertz CT molecular complexity index is 1380. The topological polar surface area (TPSA) is 84.1 Å². The summed E-state index contributed by atoms with van der Waals surface area (Å²) in [6.45, 7) is 1.44. The predicted octanol–water partition coefficient (Wildman–Crippen LogP) is 5.85. The summed E-state index contributed by atoms with van der Waals surface area (Å²) in [5.74, 6) is -1.92. The van der Waals surface area contributed by atoms with E-state index in [1.807, 2.05) is 12.1 Å². The van der Waals surface area contributed by atoms with E-state index in [9.17, 15) is 27.2 Å². The Balaban J connectivity index is 1.47. The number of carbonyl (C=O) groups excluding carboxylic acids is 2. The number of Topliss-reactive ketones (excluding diaryl/α,β-unsaturated/α-hetero) is 1. The summed E-state index contributed by atoms with van der Waals surface area (Å²) < 4.78 is 54.9. The molecule has 34 heavy (non-hydrogen) atoms. The summed E-state index contributed by atoms with van der Waals surface area (Å²) in [5.41, 5.74) is 2.47. The van der Waals surface area contributed by atoms with Gasteiger partial charge in [-0.2, -0.15) is 5.10 Å². The van der Waals surface area contributed by atoms with Crippen LogP contribution < -0.4 is 10.1 Å². The van der Waals surface area contributed by atoms with Crippen molar-refractivity contribution in [2.24, 2.45) is 0 Å². The van der Waals surface area contributed by atoms with E-state index in [1.54, 1.807) is 24.4 Å². The molecule has 1 amide bonds. The van der Waals surface area contributed by atoms with Crippen molar-refractivity contribution in [2.45, 2.75) is 26.3 Å². The Morgan fingerprint density at radius 2 is 1.91 bits per heavy atom. The molecule has 0 aliphatic rings. The molecular weight excluding hydrogens is 474 g/mol. The van der Waals surface area contributed by atoms with Crippen molar-refractivity contribution in [3.63, 3.8) is 0 Å². The first-order chi connectivity index (χ1) is 16.1. The minimum Gasteiger partial charge on any atom is -0.406 e. The van der Waals surface area contributed by atoms with Crippen molar-refractivity contribution in [1.29, 1.82) is 0 Å². The zero-order valence-corrected chi connectivity index (χ0v) is 18.4. The number of thiophene rings is 1. The Kier molecular flexibility index (Phi) is 6.38. The molecule has 0 aliphatic heterocycles. The maximum absolute atomic E-state index is 14.0. The number of hydrogen-bond acceptors (Lipinski definition) is 5. The van der Waals surface area contributed by atoms with Crippen LogP contribution in [0.15, 0.2) is 47.8 Å². The Labute approximate surface area is 194 Å². The number of H-pyrrole nitrogens is 1. The lowest BCUT2D eigenvalue weighted by Crippen LogP contribution is -2.22. The molecule has 2 aromatic heterocycles. The van der Waals surface area contributed by atoms with Crippen molar-refractivity contribution in [1.82, 2.24) is 15.5 Å². The van der Waals surface area contributed by atoms with Gasteiger partial charge in [-0.15, -0.1) is 24.5 Å². The first-order valence-corrected chi connectivity index (χ1v) is 10.9. The fourth-order valence-electron chi connectivity index (χ4n) is 3.33. The number of amides is 1. The van der Waals surface area contributed by atoms with Crippen molar-refractivity contribution in [3.8, 4) is 16.9 Å². The molecule has 0 unspecified atom stereocenters. The van der Waals surface area contributed by atoms with E-state index in [0.717, 1.165) is 40.7 Å². The molecule has 2 aromatic carbocycles. The first kappa shape index (κ1) is 23.4. The monoisotopic (exact) mass is 491 g/mol. The number of alkyl halides is 3. The zero-order chi connectivity index (χ0) is 24.5. The molecule has 0 saturated carbocycles. The highest BCUT2D eigenvalue weighted by Crippen LogP contribution is 2.29. The van der Waals surface area contributed by atoms with Crippen LogP contribution in [0, 0.1) is 5.82 Å². The van der Waals surface area contributed by atoms with E-state index in [2.05, 4.69) is 20.3 Å². The Morgan fingerprint density at radius 1 is 1.12 bits per heavy atom. The fourth-order valence-corrected chi connectivity index (χ4v) is 4.16. The third kappa shape index (κ3) is 5.09. The summed E-state index contributed by atoms with van der Waals surface area (Å²) in [6, 6.07) is 9.66. The van der Waals surface area contributed by atoms with Gasteiger partial charge >= 0.3 is 6.36 Å². The van der Waals surface area contributed by atoms with E-state index < -0.39 is 23.8 Å². The number of aromatic nitrogens is 2. The van der Waals surface area contributed by atoms with Crippen molar-refractivity contribution >= 4 is 33.9 Å². The van der Waals surface area contributed by atoms with Crippen LogP contribution in [-0.2, 0) is 6.54 Å². The van der Waals surface area contributed by atoms with Gasteiger partial charge < -0.3 is 10.1 Å². The van der Waals surface area contributed by atoms with Gasteiger partial charge in [0.2, 0.25) is 0 Å². The largest absolute Gasteiger partial charge is 0.573 e. The van der Waals surface area contributed by atoms with Gasteiger partial charge in [-0.3, -0.25) is 14.7 Å². The molecule has 0 aliphatic carbocycles. The van der Waals surface area contributed by atoms with Crippen molar-refractivity contribution in [2.75, 3.05) is 0 Å². The minimum absolute atomic E-state index is 0.0690. The molecule has 0 atom stereocenters. The molecule has 0 spiro atoms. The molecule has 0 bridgehead atoms. The molecule has 176 valence electrons. The summed E-state index contributed by atoms with van der Waals surface area (Å²) in [5, 5.41) is 11.9. The van der Waals surface area contributed by atoms with Crippen LogP contribution in [-0.4, -0.2) is 28.3 Å². The second-order valence-electron chi connectivity index (χ2n) is 7.29. The molecule has 0 fully saturated rings. The van der Waals surface area contributed by atoms with Crippen LogP contribution in [0.25, 0.3) is 22.0 Å². The molecule has 11 heteroatoms. The number of fused-ring (bicyclic) bond motifs is 1. The summed E-state index contributed by atoms with van der Waals surface area (Å²) >= 11 is 1.16. The quantitative estimate of drug-likeness (QED) is 0.251. The number of rotatable bonds is 7. The van der Waals surface area contributed by atoms with Crippen LogP contribution in [0.1, 0.15) is 39.1 Å². The number of ketones is 1. The van der Waals surface area contributed by atoms with Gasteiger partial charge in [0.05, 0.1) is 10.4 Å². The third-order valence-electron chi connectivity index (χ3n) is 4.99. The highest BCUT2D eigenvalue weighted by Gasteiger charge is 2.31. The number of nitrogens with zero attached hydrogens (tertiary/aromatic N) is 1. The smallest absolute Gasteiger partial charge is 0.406 e. The van der Waals surface area contributed by atoms with E-state index in [0.29, 0.717) is 27.9 Å². The van der Waals surface area contributed by atoms with E-state index in [4.69, 9.17) is 0 Å². The third-order valence-corrected chi connectivity index (χ3v) is 5.92. The number of halogens is 4. The molecule has 2 N–H and O–H groups in total. The van der Waals surface area contributed by atoms with Crippen LogP contribution in [0.2, 0.25) is 0 Å². The standard InChI is InChI=1S/C23H17F4N3O3S/c1-2-19(31)21-16-5-3-12(8-18(16)29-30-21)14-9-20(34-11-14)22(32)28-10-13-7-15(4-6-17(13)24)33-23(25,26)27/h3-9,11H,2,10H2,1H3,(H,28,32)(H,29,30). The highest BCUT2D eigenvalue weighted by molar-refractivity contribution is 7.12. The van der Waals surface area contributed by atoms with Gasteiger partial charge in [0.15, 0.2) is 5.78 Å². The zero-order valence-electron chi connectivity index (χ0n) is 17.6. The van der Waals surface area contributed by atoms with Gasteiger partial charge in [-0.1, -0.05) is 13.0 Å².